The average molecular weight is 490 g/mol. The van der Waals surface area contributed by atoms with Gasteiger partial charge in [-0.05, 0) is 31.4 Å². The topological polar surface area (TPSA) is 84.6 Å². The second-order valence-corrected chi connectivity index (χ2v) is 6.74. The van der Waals surface area contributed by atoms with Crippen molar-refractivity contribution in [3.8, 4) is 11.4 Å². The van der Waals surface area contributed by atoms with Crippen molar-refractivity contribution in [1.29, 1.82) is 0 Å². The van der Waals surface area contributed by atoms with Crippen LogP contribution in [-0.4, -0.2) is 41.4 Å². The molecule has 3 unspecified atom stereocenters. The van der Waals surface area contributed by atoms with Gasteiger partial charge in [0.2, 0.25) is 11.7 Å². The largest absolute Gasteiger partial charge is 0.373 e. The fraction of sp³-hybridized carbons (Fsp3) is 0.471. The zero-order valence-electron chi connectivity index (χ0n) is 14.3. The summed E-state index contributed by atoms with van der Waals surface area (Å²) in [6.07, 6.45) is 4.01. The van der Waals surface area contributed by atoms with Crippen LogP contribution < -0.4 is 10.6 Å². The molecule has 0 amide bonds. The number of hydrogen-bond donors (Lipinski definition) is 2. The molecule has 3 heterocycles. The van der Waals surface area contributed by atoms with Gasteiger partial charge >= 0.3 is 0 Å². The van der Waals surface area contributed by atoms with E-state index < -0.39 is 0 Å². The molecule has 0 aliphatic carbocycles. The number of benzene rings is 1. The fourth-order valence-corrected chi connectivity index (χ4v) is 3.58. The Morgan fingerprint density at radius 1 is 1.38 bits per heavy atom. The molecule has 2 saturated heterocycles. The number of fused-ring (bicyclic) bond motifs is 2. The van der Waals surface area contributed by atoms with Gasteiger partial charge in [-0.3, -0.25) is 4.99 Å². The summed E-state index contributed by atoms with van der Waals surface area (Å²) in [5.41, 5.74) is 0.823. The lowest BCUT2D eigenvalue weighted by molar-refractivity contribution is 0.0992. The van der Waals surface area contributed by atoms with Crippen LogP contribution in [0.3, 0.4) is 0 Å². The Morgan fingerprint density at radius 2 is 2.27 bits per heavy atom. The molecule has 4 rings (SSSR count). The summed E-state index contributed by atoms with van der Waals surface area (Å²) in [4.78, 5) is 8.65. The molecule has 0 spiro atoms. The molecule has 7 nitrogen and oxygen atoms in total. The van der Waals surface area contributed by atoms with Gasteiger partial charge in [-0.25, -0.2) is 0 Å². The van der Waals surface area contributed by atoms with E-state index in [1.807, 2.05) is 18.2 Å². The molecular formula is C17H21ClIN5O2. The van der Waals surface area contributed by atoms with Crippen molar-refractivity contribution >= 4 is 41.5 Å². The molecular weight excluding hydrogens is 469 g/mol. The zero-order chi connectivity index (χ0) is 17.2. The summed E-state index contributed by atoms with van der Waals surface area (Å²) in [5.74, 6) is 1.72. The quantitative estimate of drug-likeness (QED) is 0.390. The minimum atomic E-state index is 0. The predicted octanol–water partition coefficient (Wildman–Crippen LogP) is 2.99. The van der Waals surface area contributed by atoms with Gasteiger partial charge in [-0.2, -0.15) is 4.98 Å². The number of aliphatic imine (C=N–C) groups is 1. The summed E-state index contributed by atoms with van der Waals surface area (Å²) >= 11 is 6.00. The third-order valence-electron chi connectivity index (χ3n) is 4.61. The van der Waals surface area contributed by atoms with Crippen LogP contribution in [0.25, 0.3) is 11.4 Å². The van der Waals surface area contributed by atoms with Crippen LogP contribution in [0.15, 0.2) is 33.8 Å². The van der Waals surface area contributed by atoms with Crippen molar-refractivity contribution in [2.75, 3.05) is 7.05 Å². The standard InChI is InChI=1S/C17H20ClN5O2.HI/c1-19-17(21-13-8-12-5-6-14(13)24-12)20-9-15-22-16(23-25-15)10-3-2-4-11(18)7-10;/h2-4,7,12-14H,5-6,8-9H2,1H3,(H2,19,20,21);1H. The third kappa shape index (κ3) is 4.29. The van der Waals surface area contributed by atoms with Crippen molar-refractivity contribution in [3.05, 3.63) is 35.2 Å². The Morgan fingerprint density at radius 3 is 2.96 bits per heavy atom. The van der Waals surface area contributed by atoms with Crippen molar-refractivity contribution in [1.82, 2.24) is 20.8 Å². The van der Waals surface area contributed by atoms with Gasteiger partial charge in [0, 0.05) is 17.6 Å². The van der Waals surface area contributed by atoms with Crippen molar-refractivity contribution in [2.45, 2.75) is 44.1 Å². The summed E-state index contributed by atoms with van der Waals surface area (Å²) in [6, 6.07) is 7.68. The van der Waals surface area contributed by atoms with Crippen LogP contribution in [0.4, 0.5) is 0 Å². The van der Waals surface area contributed by atoms with Gasteiger partial charge in [0.05, 0.1) is 24.8 Å². The van der Waals surface area contributed by atoms with E-state index >= 15 is 0 Å². The van der Waals surface area contributed by atoms with Gasteiger partial charge in [0.15, 0.2) is 5.96 Å². The SMILES string of the molecule is CN=C(NCc1nc(-c2cccc(Cl)c2)no1)NC1CC2CCC1O2.I. The molecule has 140 valence electrons. The maximum absolute atomic E-state index is 6.00. The number of nitrogens with one attached hydrogen (secondary N) is 2. The maximum Gasteiger partial charge on any atom is 0.246 e. The number of guanidine groups is 1. The molecule has 2 aromatic rings. The first-order valence-corrected chi connectivity index (χ1v) is 8.80. The van der Waals surface area contributed by atoms with Crippen LogP contribution in [0.2, 0.25) is 5.02 Å². The molecule has 2 aliphatic heterocycles. The van der Waals surface area contributed by atoms with E-state index in [9.17, 15) is 0 Å². The van der Waals surface area contributed by atoms with E-state index in [1.54, 1.807) is 13.1 Å². The maximum atomic E-state index is 6.00. The van der Waals surface area contributed by atoms with Gasteiger partial charge in [0.1, 0.15) is 0 Å². The Bertz CT molecular complexity index is 784. The van der Waals surface area contributed by atoms with E-state index in [-0.39, 0.29) is 24.0 Å². The summed E-state index contributed by atoms with van der Waals surface area (Å²) in [6.45, 7) is 0.398. The summed E-state index contributed by atoms with van der Waals surface area (Å²) in [5, 5.41) is 11.3. The summed E-state index contributed by atoms with van der Waals surface area (Å²) in [7, 11) is 1.74. The second-order valence-electron chi connectivity index (χ2n) is 6.31. The lowest BCUT2D eigenvalue weighted by atomic mass is 9.96. The smallest absolute Gasteiger partial charge is 0.246 e. The molecule has 2 fully saturated rings. The van der Waals surface area contributed by atoms with Crippen molar-refractivity contribution in [3.63, 3.8) is 0 Å². The Kier molecular flexibility index (Phi) is 6.36. The molecule has 1 aromatic carbocycles. The molecule has 2 bridgehead atoms. The normalized spacial score (nSPS) is 24.4. The first-order valence-electron chi connectivity index (χ1n) is 8.42. The first kappa shape index (κ1) is 19.4. The van der Waals surface area contributed by atoms with E-state index in [2.05, 4.69) is 25.8 Å². The van der Waals surface area contributed by atoms with Crippen LogP contribution >= 0.6 is 35.6 Å². The molecule has 0 saturated carbocycles. The number of aromatic nitrogens is 2. The fourth-order valence-electron chi connectivity index (χ4n) is 3.39. The third-order valence-corrected chi connectivity index (χ3v) is 4.84. The summed E-state index contributed by atoms with van der Waals surface area (Å²) < 4.78 is 11.2. The van der Waals surface area contributed by atoms with Gasteiger partial charge in [0.25, 0.3) is 0 Å². The van der Waals surface area contributed by atoms with Crippen LogP contribution in [0.5, 0.6) is 0 Å². The number of nitrogens with zero attached hydrogens (tertiary/aromatic N) is 3. The lowest BCUT2D eigenvalue weighted by Crippen LogP contribution is -2.47. The minimum absolute atomic E-state index is 0. The van der Waals surface area contributed by atoms with Gasteiger partial charge < -0.3 is 19.9 Å². The highest BCUT2D eigenvalue weighted by Crippen LogP contribution is 2.34. The van der Waals surface area contributed by atoms with Crippen LogP contribution in [0, 0.1) is 0 Å². The molecule has 2 aliphatic rings. The highest BCUT2D eigenvalue weighted by molar-refractivity contribution is 14.0. The van der Waals surface area contributed by atoms with Crippen molar-refractivity contribution < 1.29 is 9.26 Å². The zero-order valence-corrected chi connectivity index (χ0v) is 17.4. The molecule has 26 heavy (non-hydrogen) atoms. The second kappa shape index (κ2) is 8.53. The molecule has 3 atom stereocenters. The molecule has 1 aromatic heterocycles. The molecule has 2 N–H and O–H groups in total. The minimum Gasteiger partial charge on any atom is -0.373 e. The highest BCUT2D eigenvalue weighted by Gasteiger charge is 2.41. The molecule has 9 heteroatoms. The van der Waals surface area contributed by atoms with Gasteiger partial charge in [-0.1, -0.05) is 28.9 Å². The van der Waals surface area contributed by atoms with Crippen molar-refractivity contribution in [2.24, 2.45) is 4.99 Å². The Balaban J connectivity index is 0.00000196. The number of rotatable bonds is 4. The van der Waals surface area contributed by atoms with E-state index in [0.717, 1.165) is 18.4 Å². The van der Waals surface area contributed by atoms with E-state index in [4.69, 9.17) is 20.9 Å². The van der Waals surface area contributed by atoms with Crippen LogP contribution in [-0.2, 0) is 11.3 Å². The number of halogens is 2. The highest BCUT2D eigenvalue weighted by atomic mass is 127. The van der Waals surface area contributed by atoms with E-state index in [0.29, 0.717) is 47.5 Å². The Hall–Kier alpha value is -1.39. The Labute approximate surface area is 174 Å². The number of hydrogen-bond acceptors (Lipinski definition) is 5. The lowest BCUT2D eigenvalue weighted by Gasteiger charge is -2.22. The monoisotopic (exact) mass is 489 g/mol. The predicted molar refractivity (Wildman–Crippen MR) is 110 cm³/mol. The molecule has 0 radical (unpaired) electrons. The first-order chi connectivity index (χ1) is 12.2. The number of ether oxygens (including phenoxy) is 1. The van der Waals surface area contributed by atoms with E-state index in [1.165, 1.54) is 6.42 Å². The van der Waals surface area contributed by atoms with Crippen LogP contribution in [0.1, 0.15) is 25.2 Å². The average Bonchev–Trinajstić information content (AvgIpc) is 3.35. The van der Waals surface area contributed by atoms with Gasteiger partial charge in [-0.15, -0.1) is 24.0 Å².